The SMILES string of the molecule is CN1CCC(CNS(C)(=O)=O)OC2CCC(CC2)c2ccccc2NCC1=O. The smallest absolute Gasteiger partial charge is 0.241 e. The molecule has 1 atom stereocenters. The van der Waals surface area contributed by atoms with Gasteiger partial charge in [0, 0.05) is 25.8 Å². The van der Waals surface area contributed by atoms with Crippen molar-refractivity contribution in [3.05, 3.63) is 29.8 Å². The number of ether oxygens (including phenoxy) is 1. The Morgan fingerprint density at radius 3 is 2.61 bits per heavy atom. The van der Waals surface area contributed by atoms with Crippen LogP contribution in [0.5, 0.6) is 0 Å². The van der Waals surface area contributed by atoms with Crippen molar-refractivity contribution in [2.24, 2.45) is 0 Å². The highest BCUT2D eigenvalue weighted by atomic mass is 32.2. The lowest BCUT2D eigenvalue weighted by atomic mass is 9.82. The van der Waals surface area contributed by atoms with Crippen molar-refractivity contribution in [1.29, 1.82) is 0 Å². The van der Waals surface area contributed by atoms with E-state index in [1.807, 2.05) is 18.2 Å². The molecule has 7 nitrogen and oxygen atoms in total. The minimum atomic E-state index is -3.28. The van der Waals surface area contributed by atoms with E-state index in [2.05, 4.69) is 16.1 Å². The molecule has 1 amide bonds. The number of hydrogen-bond donors (Lipinski definition) is 2. The van der Waals surface area contributed by atoms with Gasteiger partial charge in [-0.05, 0) is 49.7 Å². The summed E-state index contributed by atoms with van der Waals surface area (Å²) in [5.74, 6) is 0.457. The van der Waals surface area contributed by atoms with Gasteiger partial charge >= 0.3 is 0 Å². The highest BCUT2D eigenvalue weighted by Crippen LogP contribution is 2.37. The third-order valence-electron chi connectivity index (χ3n) is 5.68. The molecule has 28 heavy (non-hydrogen) atoms. The topological polar surface area (TPSA) is 87.7 Å². The van der Waals surface area contributed by atoms with E-state index >= 15 is 0 Å². The zero-order chi connectivity index (χ0) is 20.1. The van der Waals surface area contributed by atoms with Crippen LogP contribution in [0.3, 0.4) is 0 Å². The van der Waals surface area contributed by atoms with E-state index in [9.17, 15) is 13.2 Å². The maximum Gasteiger partial charge on any atom is 0.241 e. The van der Waals surface area contributed by atoms with E-state index in [0.717, 1.165) is 37.6 Å². The minimum Gasteiger partial charge on any atom is -0.376 e. The number of likely N-dealkylation sites (N-methyl/N-ethyl adjacent to an activating group) is 1. The number of para-hydroxylation sites is 1. The summed E-state index contributed by atoms with van der Waals surface area (Å²) in [5, 5.41) is 3.32. The third kappa shape index (κ3) is 5.93. The molecule has 1 aromatic rings. The molecule has 4 rings (SSSR count). The molecule has 1 aliphatic carbocycles. The van der Waals surface area contributed by atoms with Crippen LogP contribution in [0.15, 0.2) is 24.3 Å². The lowest BCUT2D eigenvalue weighted by molar-refractivity contribution is -0.128. The van der Waals surface area contributed by atoms with Crippen LogP contribution >= 0.6 is 0 Å². The van der Waals surface area contributed by atoms with E-state index in [1.54, 1.807) is 11.9 Å². The van der Waals surface area contributed by atoms with E-state index in [4.69, 9.17) is 4.74 Å². The molecule has 2 bridgehead atoms. The molecule has 1 unspecified atom stereocenters. The second-order valence-corrected chi connectivity index (χ2v) is 9.73. The van der Waals surface area contributed by atoms with Gasteiger partial charge in [-0.3, -0.25) is 4.79 Å². The number of anilines is 1. The van der Waals surface area contributed by atoms with Gasteiger partial charge in [-0.25, -0.2) is 13.1 Å². The van der Waals surface area contributed by atoms with Crippen molar-refractivity contribution in [3.8, 4) is 0 Å². The van der Waals surface area contributed by atoms with Crippen LogP contribution in [0.25, 0.3) is 0 Å². The molecule has 3 aliphatic rings. The zero-order valence-corrected chi connectivity index (χ0v) is 17.5. The van der Waals surface area contributed by atoms with Crippen molar-refractivity contribution in [1.82, 2.24) is 9.62 Å². The summed E-state index contributed by atoms with van der Waals surface area (Å²) in [6.45, 7) is 1.01. The maximum atomic E-state index is 12.5. The number of carbonyl (C=O) groups is 1. The monoisotopic (exact) mass is 409 g/mol. The standard InChI is InChI=1S/C20H31N3O4S/c1-23-12-11-17(13-22-28(2,25)26)27-16-9-7-15(8-10-16)18-5-3-4-6-19(18)21-14-20(23)24/h3-6,15-17,21-22H,7-14H2,1-2H3. The number of rotatable bonds is 3. The summed E-state index contributed by atoms with van der Waals surface area (Å²) >= 11 is 0. The minimum absolute atomic E-state index is 0.00634. The van der Waals surface area contributed by atoms with Gasteiger partial charge in [-0.2, -0.15) is 0 Å². The molecule has 1 saturated carbocycles. The first kappa shape index (κ1) is 21.1. The summed E-state index contributed by atoms with van der Waals surface area (Å²) < 4.78 is 31.8. The average Bonchev–Trinajstić information content (AvgIpc) is 2.67. The number of sulfonamides is 1. The summed E-state index contributed by atoms with van der Waals surface area (Å²) in [7, 11) is -1.50. The van der Waals surface area contributed by atoms with Crippen molar-refractivity contribution < 1.29 is 17.9 Å². The van der Waals surface area contributed by atoms with Crippen molar-refractivity contribution >= 4 is 21.6 Å². The molecule has 0 aromatic heterocycles. The molecule has 1 fully saturated rings. The summed E-state index contributed by atoms with van der Waals surface area (Å²) in [6, 6.07) is 8.24. The van der Waals surface area contributed by atoms with E-state index in [-0.39, 0.29) is 31.2 Å². The van der Waals surface area contributed by atoms with E-state index in [1.165, 1.54) is 5.56 Å². The fourth-order valence-corrected chi connectivity index (χ4v) is 4.52. The summed E-state index contributed by atoms with van der Waals surface area (Å²) in [5.41, 5.74) is 2.31. The van der Waals surface area contributed by atoms with Gasteiger partial charge in [0.2, 0.25) is 15.9 Å². The van der Waals surface area contributed by atoms with Crippen LogP contribution in [0.4, 0.5) is 5.69 Å². The molecule has 2 N–H and O–H groups in total. The largest absolute Gasteiger partial charge is 0.376 e. The number of nitrogens with zero attached hydrogens (tertiary/aromatic N) is 1. The molecule has 0 radical (unpaired) electrons. The molecule has 2 heterocycles. The molecule has 1 aromatic carbocycles. The van der Waals surface area contributed by atoms with Crippen LogP contribution in [-0.2, 0) is 19.6 Å². The number of fused-ring (bicyclic) bond motifs is 9. The van der Waals surface area contributed by atoms with Crippen molar-refractivity contribution in [2.75, 3.05) is 38.3 Å². The Hall–Kier alpha value is -1.64. The Morgan fingerprint density at radius 2 is 1.89 bits per heavy atom. The predicted molar refractivity (Wildman–Crippen MR) is 110 cm³/mol. The second kappa shape index (κ2) is 9.24. The van der Waals surface area contributed by atoms with Gasteiger partial charge in [0.1, 0.15) is 0 Å². The Labute approximate surface area is 167 Å². The third-order valence-corrected chi connectivity index (χ3v) is 6.37. The van der Waals surface area contributed by atoms with Gasteiger partial charge in [0.25, 0.3) is 0 Å². The van der Waals surface area contributed by atoms with Crippen LogP contribution in [-0.4, -0.2) is 64.4 Å². The first-order chi connectivity index (χ1) is 13.3. The average molecular weight is 410 g/mol. The Balaban J connectivity index is 1.76. The highest BCUT2D eigenvalue weighted by Gasteiger charge is 2.27. The predicted octanol–water partition coefficient (Wildman–Crippen LogP) is 1.92. The van der Waals surface area contributed by atoms with Crippen LogP contribution in [0, 0.1) is 0 Å². The fourth-order valence-electron chi connectivity index (χ4n) is 4.03. The lowest BCUT2D eigenvalue weighted by Gasteiger charge is -2.33. The van der Waals surface area contributed by atoms with Gasteiger partial charge < -0.3 is 15.0 Å². The lowest BCUT2D eigenvalue weighted by Crippen LogP contribution is -2.40. The first-order valence-corrected chi connectivity index (χ1v) is 11.9. The van der Waals surface area contributed by atoms with E-state index in [0.29, 0.717) is 18.9 Å². The van der Waals surface area contributed by atoms with Crippen LogP contribution < -0.4 is 10.0 Å². The molecule has 0 saturated heterocycles. The number of nitrogens with one attached hydrogen (secondary N) is 2. The second-order valence-electron chi connectivity index (χ2n) is 7.90. The van der Waals surface area contributed by atoms with Crippen LogP contribution in [0.2, 0.25) is 0 Å². The number of benzene rings is 1. The molecule has 8 heteroatoms. The molecular weight excluding hydrogens is 378 g/mol. The molecule has 2 aliphatic heterocycles. The van der Waals surface area contributed by atoms with Gasteiger partial charge in [0.05, 0.1) is 25.0 Å². The molecular formula is C20H31N3O4S. The summed E-state index contributed by atoms with van der Waals surface area (Å²) in [4.78, 5) is 14.2. The Kier molecular flexibility index (Phi) is 6.95. The molecule has 0 spiro atoms. The van der Waals surface area contributed by atoms with Gasteiger partial charge in [0.15, 0.2) is 0 Å². The number of hydrogen-bond acceptors (Lipinski definition) is 5. The van der Waals surface area contributed by atoms with Crippen molar-refractivity contribution in [2.45, 2.75) is 50.2 Å². The number of carbonyl (C=O) groups excluding carboxylic acids is 1. The van der Waals surface area contributed by atoms with Gasteiger partial charge in [-0.15, -0.1) is 0 Å². The zero-order valence-electron chi connectivity index (χ0n) is 16.7. The Bertz CT molecular complexity index is 775. The Morgan fingerprint density at radius 1 is 1.18 bits per heavy atom. The number of amides is 1. The van der Waals surface area contributed by atoms with Crippen LogP contribution in [0.1, 0.15) is 43.6 Å². The normalized spacial score (nSPS) is 27.0. The van der Waals surface area contributed by atoms with Gasteiger partial charge in [-0.1, -0.05) is 18.2 Å². The summed E-state index contributed by atoms with van der Waals surface area (Å²) in [6.07, 6.45) is 5.63. The maximum absolute atomic E-state index is 12.5. The van der Waals surface area contributed by atoms with Crippen molar-refractivity contribution in [3.63, 3.8) is 0 Å². The quantitative estimate of drug-likeness (QED) is 0.796. The molecule has 156 valence electrons. The first-order valence-electron chi connectivity index (χ1n) is 9.98. The highest BCUT2D eigenvalue weighted by molar-refractivity contribution is 7.88. The van der Waals surface area contributed by atoms with E-state index < -0.39 is 10.0 Å². The fraction of sp³-hybridized carbons (Fsp3) is 0.650.